The topological polar surface area (TPSA) is 89.0 Å². The second-order valence-corrected chi connectivity index (χ2v) is 6.23. The van der Waals surface area contributed by atoms with E-state index in [2.05, 4.69) is 15.8 Å². The molecule has 0 atom stereocenters. The number of nitrogens with one attached hydrogen (secondary N) is 2. The minimum absolute atomic E-state index is 0.446. The van der Waals surface area contributed by atoms with Crippen LogP contribution in [0.3, 0.4) is 0 Å². The minimum Gasteiger partial charge on any atom is -0.497 e. The number of anilines is 1. The Morgan fingerprint density at radius 1 is 0.900 bits per heavy atom. The second kappa shape index (κ2) is 10.4. The number of hydrazone groups is 1. The molecular formula is C23H21N3O4. The first kappa shape index (κ1) is 20.6. The van der Waals surface area contributed by atoms with Gasteiger partial charge in [-0.1, -0.05) is 48.5 Å². The highest BCUT2D eigenvalue weighted by Gasteiger charge is 2.13. The monoisotopic (exact) mass is 403 g/mol. The van der Waals surface area contributed by atoms with Gasteiger partial charge in [0.1, 0.15) is 18.1 Å². The molecule has 0 radical (unpaired) electrons. The van der Waals surface area contributed by atoms with Gasteiger partial charge in [0.2, 0.25) is 0 Å². The van der Waals surface area contributed by atoms with E-state index in [-0.39, 0.29) is 0 Å². The van der Waals surface area contributed by atoms with Gasteiger partial charge in [0, 0.05) is 11.8 Å². The summed E-state index contributed by atoms with van der Waals surface area (Å²) >= 11 is 0. The normalized spacial score (nSPS) is 10.4. The van der Waals surface area contributed by atoms with Crippen molar-refractivity contribution >= 4 is 23.7 Å². The van der Waals surface area contributed by atoms with Crippen LogP contribution in [0.5, 0.6) is 11.5 Å². The summed E-state index contributed by atoms with van der Waals surface area (Å²) in [6.45, 7) is 0.447. The Kier molecular flexibility index (Phi) is 7.16. The molecule has 3 aromatic carbocycles. The number of hydrogen-bond donors (Lipinski definition) is 2. The maximum absolute atomic E-state index is 12.0. The van der Waals surface area contributed by atoms with Gasteiger partial charge in [-0.25, -0.2) is 5.43 Å². The van der Waals surface area contributed by atoms with Crippen molar-refractivity contribution in [3.63, 3.8) is 0 Å². The Morgan fingerprint density at radius 2 is 1.67 bits per heavy atom. The van der Waals surface area contributed by atoms with E-state index < -0.39 is 11.8 Å². The summed E-state index contributed by atoms with van der Waals surface area (Å²) in [4.78, 5) is 23.9. The highest BCUT2D eigenvalue weighted by molar-refractivity contribution is 6.39. The van der Waals surface area contributed by atoms with Crippen molar-refractivity contribution in [2.75, 3.05) is 12.4 Å². The lowest BCUT2D eigenvalue weighted by atomic mass is 10.2. The largest absolute Gasteiger partial charge is 0.497 e. The number of nitrogens with zero attached hydrogens (tertiary/aromatic N) is 1. The van der Waals surface area contributed by atoms with E-state index >= 15 is 0 Å². The van der Waals surface area contributed by atoms with Crippen molar-refractivity contribution < 1.29 is 19.1 Å². The van der Waals surface area contributed by atoms with Gasteiger partial charge in [0.15, 0.2) is 0 Å². The average molecular weight is 403 g/mol. The molecule has 152 valence electrons. The number of carbonyl (C=O) groups is 2. The number of carbonyl (C=O) groups excluding carboxylic acids is 2. The van der Waals surface area contributed by atoms with Gasteiger partial charge >= 0.3 is 11.8 Å². The smallest absolute Gasteiger partial charge is 0.329 e. The number of ether oxygens (including phenoxy) is 2. The third-order valence-corrected chi connectivity index (χ3v) is 4.02. The lowest BCUT2D eigenvalue weighted by Crippen LogP contribution is -2.32. The van der Waals surface area contributed by atoms with Crippen LogP contribution in [0.4, 0.5) is 5.69 Å². The van der Waals surface area contributed by atoms with Crippen LogP contribution in [0.25, 0.3) is 0 Å². The molecule has 0 unspecified atom stereocenters. The highest BCUT2D eigenvalue weighted by atomic mass is 16.5. The maximum Gasteiger partial charge on any atom is 0.329 e. The van der Waals surface area contributed by atoms with Crippen molar-refractivity contribution in [1.82, 2.24) is 5.43 Å². The Labute approximate surface area is 174 Å². The molecule has 30 heavy (non-hydrogen) atoms. The van der Waals surface area contributed by atoms with Gasteiger partial charge in [0.25, 0.3) is 0 Å². The van der Waals surface area contributed by atoms with Crippen LogP contribution >= 0.6 is 0 Å². The summed E-state index contributed by atoms with van der Waals surface area (Å²) in [7, 11) is 1.52. The molecule has 0 aliphatic rings. The van der Waals surface area contributed by atoms with Crippen LogP contribution in [-0.2, 0) is 16.2 Å². The number of benzene rings is 3. The fourth-order valence-electron chi connectivity index (χ4n) is 2.53. The summed E-state index contributed by atoms with van der Waals surface area (Å²) in [5.41, 5.74) is 4.43. The van der Waals surface area contributed by atoms with Crippen molar-refractivity contribution in [3.05, 3.63) is 90.0 Å². The van der Waals surface area contributed by atoms with Crippen LogP contribution < -0.4 is 20.2 Å². The maximum atomic E-state index is 12.0. The molecule has 0 saturated heterocycles. The SMILES string of the molecule is COc1cccc(NC(=O)C(=O)NN=Cc2cccc(OCc3ccccc3)c2)c1. The van der Waals surface area contributed by atoms with Gasteiger partial charge in [0.05, 0.1) is 13.3 Å². The van der Waals surface area contributed by atoms with Crippen LogP contribution in [-0.4, -0.2) is 25.1 Å². The molecule has 0 heterocycles. The predicted octanol–water partition coefficient (Wildman–Crippen LogP) is 3.36. The van der Waals surface area contributed by atoms with E-state index in [1.54, 1.807) is 36.4 Å². The number of amides is 2. The van der Waals surface area contributed by atoms with Crippen LogP contribution in [0, 0.1) is 0 Å². The van der Waals surface area contributed by atoms with E-state index in [1.807, 2.05) is 42.5 Å². The van der Waals surface area contributed by atoms with E-state index in [9.17, 15) is 9.59 Å². The van der Waals surface area contributed by atoms with Crippen LogP contribution in [0.1, 0.15) is 11.1 Å². The quantitative estimate of drug-likeness (QED) is 0.360. The summed E-state index contributed by atoms with van der Waals surface area (Å²) in [5, 5.41) is 6.31. The molecule has 0 spiro atoms. The summed E-state index contributed by atoms with van der Waals surface area (Å²) < 4.78 is 10.8. The van der Waals surface area contributed by atoms with E-state index in [0.29, 0.717) is 29.4 Å². The van der Waals surface area contributed by atoms with Crippen LogP contribution in [0.2, 0.25) is 0 Å². The van der Waals surface area contributed by atoms with E-state index in [1.165, 1.54) is 13.3 Å². The third-order valence-electron chi connectivity index (χ3n) is 4.02. The Bertz CT molecular complexity index is 1040. The molecule has 3 rings (SSSR count). The summed E-state index contributed by atoms with van der Waals surface area (Å²) in [6.07, 6.45) is 1.44. The number of hydrogen-bond acceptors (Lipinski definition) is 5. The molecule has 0 bridgehead atoms. The fraction of sp³-hybridized carbons (Fsp3) is 0.0870. The molecule has 0 aliphatic carbocycles. The molecule has 3 aromatic rings. The minimum atomic E-state index is -0.884. The molecule has 0 fully saturated rings. The van der Waals surface area contributed by atoms with E-state index in [4.69, 9.17) is 9.47 Å². The van der Waals surface area contributed by atoms with Crippen molar-refractivity contribution in [1.29, 1.82) is 0 Å². The number of methoxy groups -OCH3 is 1. The zero-order valence-electron chi connectivity index (χ0n) is 16.4. The molecular weight excluding hydrogens is 382 g/mol. The molecule has 0 saturated carbocycles. The van der Waals surface area contributed by atoms with Crippen molar-refractivity contribution in [2.24, 2.45) is 5.10 Å². The zero-order chi connectivity index (χ0) is 21.2. The second-order valence-electron chi connectivity index (χ2n) is 6.23. The van der Waals surface area contributed by atoms with Gasteiger partial charge in [-0.05, 0) is 35.4 Å². The predicted molar refractivity (Wildman–Crippen MR) is 115 cm³/mol. The van der Waals surface area contributed by atoms with Gasteiger partial charge in [-0.15, -0.1) is 0 Å². The molecule has 0 aromatic heterocycles. The first-order valence-corrected chi connectivity index (χ1v) is 9.19. The molecule has 2 amide bonds. The van der Waals surface area contributed by atoms with Gasteiger partial charge < -0.3 is 14.8 Å². The Balaban J connectivity index is 1.51. The lowest BCUT2D eigenvalue weighted by Gasteiger charge is -2.07. The van der Waals surface area contributed by atoms with Gasteiger partial charge in [-0.2, -0.15) is 5.10 Å². The first-order valence-electron chi connectivity index (χ1n) is 9.19. The van der Waals surface area contributed by atoms with Crippen LogP contribution in [0.15, 0.2) is 84.0 Å². The third kappa shape index (κ3) is 6.20. The Hall–Kier alpha value is -4.13. The highest BCUT2D eigenvalue weighted by Crippen LogP contribution is 2.16. The summed E-state index contributed by atoms with van der Waals surface area (Å²) in [6, 6.07) is 23.8. The number of rotatable bonds is 7. The van der Waals surface area contributed by atoms with Crippen molar-refractivity contribution in [3.8, 4) is 11.5 Å². The Morgan fingerprint density at radius 3 is 2.47 bits per heavy atom. The van der Waals surface area contributed by atoms with Crippen molar-refractivity contribution in [2.45, 2.75) is 6.61 Å². The molecule has 7 nitrogen and oxygen atoms in total. The molecule has 0 aliphatic heterocycles. The average Bonchev–Trinajstić information content (AvgIpc) is 2.78. The summed E-state index contributed by atoms with van der Waals surface area (Å²) in [5.74, 6) is -0.476. The van der Waals surface area contributed by atoms with Gasteiger partial charge in [-0.3, -0.25) is 9.59 Å². The van der Waals surface area contributed by atoms with E-state index in [0.717, 1.165) is 5.56 Å². The standard InChI is InChI=1S/C23H21N3O4/c1-29-20-11-6-10-19(14-20)25-22(27)23(28)26-24-15-18-9-5-12-21(13-18)30-16-17-7-3-2-4-8-17/h2-15H,16H2,1H3,(H,25,27)(H,26,28). The molecule has 7 heteroatoms. The fourth-order valence-corrected chi connectivity index (χ4v) is 2.53. The molecule has 2 N–H and O–H groups in total. The first-order chi connectivity index (χ1) is 14.6. The zero-order valence-corrected chi connectivity index (χ0v) is 16.4. The lowest BCUT2D eigenvalue weighted by molar-refractivity contribution is -0.136.